The Bertz CT molecular complexity index is 1410. The van der Waals surface area contributed by atoms with Crippen LogP contribution in [0.3, 0.4) is 0 Å². The van der Waals surface area contributed by atoms with Gasteiger partial charge in [-0.05, 0) is 23.3 Å². The Hall–Kier alpha value is -4.19. The van der Waals surface area contributed by atoms with Crippen LogP contribution in [0.1, 0.15) is 11.1 Å². The molecule has 2 aromatic heterocycles. The van der Waals surface area contributed by atoms with Gasteiger partial charge in [-0.15, -0.1) is 10.2 Å². The summed E-state index contributed by atoms with van der Waals surface area (Å²) in [5.74, 6) is -0.468. The van der Waals surface area contributed by atoms with Crippen LogP contribution in [0.4, 0.5) is 5.69 Å². The van der Waals surface area contributed by atoms with E-state index in [1.165, 1.54) is 5.56 Å². The summed E-state index contributed by atoms with van der Waals surface area (Å²) in [6.45, 7) is 0.722. The van der Waals surface area contributed by atoms with Gasteiger partial charge in [-0.3, -0.25) is 4.79 Å². The molecule has 2 N–H and O–H groups in total. The van der Waals surface area contributed by atoms with Crippen LogP contribution in [0.15, 0.2) is 95.3 Å². The largest absolute Gasteiger partial charge is 0.493 e. The minimum absolute atomic E-state index is 0.0998. The maximum atomic E-state index is 12.6. The number of rotatable bonds is 5. The number of hydrogen-bond acceptors (Lipinski definition) is 3. The molecule has 0 atom stereocenters. The van der Waals surface area contributed by atoms with Crippen molar-refractivity contribution < 1.29 is 9.90 Å². The van der Waals surface area contributed by atoms with Crippen LogP contribution in [0.25, 0.3) is 21.8 Å². The maximum Gasteiger partial charge on any atom is 0.269 e. The Kier molecular flexibility index (Phi) is 4.80. The zero-order chi connectivity index (χ0) is 21.2. The Morgan fingerprint density at radius 3 is 2.45 bits per heavy atom. The second kappa shape index (κ2) is 7.91. The molecule has 3 aromatic carbocycles. The lowest BCUT2D eigenvalue weighted by Gasteiger charge is -2.05. The van der Waals surface area contributed by atoms with E-state index >= 15 is 0 Å². The number of carbonyl (C=O) groups excluding carboxylic acids is 1. The van der Waals surface area contributed by atoms with E-state index in [1.54, 1.807) is 0 Å². The third kappa shape index (κ3) is 3.71. The van der Waals surface area contributed by atoms with Gasteiger partial charge in [0.05, 0.1) is 11.9 Å². The predicted molar refractivity (Wildman–Crippen MR) is 121 cm³/mol. The molecule has 152 valence electrons. The van der Waals surface area contributed by atoms with Crippen molar-refractivity contribution in [3.05, 3.63) is 96.2 Å². The number of hydrogen-bond donors (Lipinski definition) is 2. The highest BCUT2D eigenvalue weighted by atomic mass is 16.3. The molecule has 2 heterocycles. The molecular formula is C25H20N4O2. The summed E-state index contributed by atoms with van der Waals surface area (Å²) in [6.07, 6.45) is 2.14. The molecule has 6 nitrogen and oxygen atoms in total. The first-order valence-electron chi connectivity index (χ1n) is 10.0. The summed E-state index contributed by atoms with van der Waals surface area (Å²) in [6, 6.07) is 25.6. The van der Waals surface area contributed by atoms with Gasteiger partial charge in [0.25, 0.3) is 5.91 Å². The van der Waals surface area contributed by atoms with Crippen LogP contribution < -0.4 is 0 Å². The molecule has 0 saturated carbocycles. The standard InChI is InChI=1S/C25H20N4O2/c30-23(27-28-24-20-11-4-6-12-21(20)26-25(24)31)14-18-16-29(15-17-8-2-1-3-9-17)22-13-7-5-10-19(18)22/h1-13,16,26,31H,14-15H2. The molecule has 6 heteroatoms. The SMILES string of the molecule is O=C(Cc1cn(Cc2ccccc2)c2ccccc12)N=Nc1c(O)[nH]c2ccccc12. The fraction of sp³-hybridized carbons (Fsp3) is 0.0800. The summed E-state index contributed by atoms with van der Waals surface area (Å²) in [7, 11) is 0. The fourth-order valence-corrected chi connectivity index (χ4v) is 3.89. The summed E-state index contributed by atoms with van der Waals surface area (Å²) in [5, 5.41) is 19.7. The van der Waals surface area contributed by atoms with Crippen molar-refractivity contribution in [2.75, 3.05) is 0 Å². The Balaban J connectivity index is 1.42. The first kappa shape index (κ1) is 18.8. The number of nitrogens with one attached hydrogen (secondary N) is 1. The third-order valence-corrected chi connectivity index (χ3v) is 5.33. The van der Waals surface area contributed by atoms with Crippen molar-refractivity contribution in [2.24, 2.45) is 10.2 Å². The van der Waals surface area contributed by atoms with Gasteiger partial charge in [0.2, 0.25) is 5.88 Å². The highest BCUT2D eigenvalue weighted by Gasteiger charge is 2.14. The van der Waals surface area contributed by atoms with Crippen molar-refractivity contribution >= 4 is 33.4 Å². The van der Waals surface area contributed by atoms with Gasteiger partial charge in [0.15, 0.2) is 5.69 Å². The van der Waals surface area contributed by atoms with E-state index in [0.29, 0.717) is 0 Å². The number of aromatic nitrogens is 2. The van der Waals surface area contributed by atoms with Crippen LogP contribution in [0, 0.1) is 0 Å². The number of benzene rings is 3. The van der Waals surface area contributed by atoms with Crippen molar-refractivity contribution in [3.63, 3.8) is 0 Å². The van der Waals surface area contributed by atoms with E-state index < -0.39 is 0 Å². The number of azo groups is 1. The van der Waals surface area contributed by atoms with Gasteiger partial charge in [0.1, 0.15) is 0 Å². The fourth-order valence-electron chi connectivity index (χ4n) is 3.89. The number of para-hydroxylation sites is 2. The van der Waals surface area contributed by atoms with Gasteiger partial charge in [0, 0.05) is 29.0 Å². The molecular weight excluding hydrogens is 388 g/mol. The summed E-state index contributed by atoms with van der Waals surface area (Å²) < 4.78 is 2.15. The average molecular weight is 408 g/mol. The van der Waals surface area contributed by atoms with Crippen LogP contribution in [0.2, 0.25) is 0 Å². The van der Waals surface area contributed by atoms with Gasteiger partial charge in [-0.1, -0.05) is 66.7 Å². The van der Waals surface area contributed by atoms with Crippen molar-refractivity contribution in [2.45, 2.75) is 13.0 Å². The number of aromatic hydroxyl groups is 1. The van der Waals surface area contributed by atoms with Crippen molar-refractivity contribution in [1.29, 1.82) is 0 Å². The molecule has 0 radical (unpaired) electrons. The summed E-state index contributed by atoms with van der Waals surface area (Å²) in [5.41, 5.74) is 4.18. The number of aromatic amines is 1. The molecule has 0 spiro atoms. The first-order valence-corrected chi connectivity index (χ1v) is 10.0. The number of nitrogens with zero attached hydrogens (tertiary/aromatic N) is 3. The number of carbonyl (C=O) groups is 1. The first-order chi connectivity index (χ1) is 15.2. The number of amides is 1. The Morgan fingerprint density at radius 2 is 1.61 bits per heavy atom. The lowest BCUT2D eigenvalue weighted by molar-refractivity contribution is -0.117. The average Bonchev–Trinajstić information content (AvgIpc) is 3.30. The van der Waals surface area contributed by atoms with Gasteiger partial charge < -0.3 is 14.7 Å². The van der Waals surface area contributed by atoms with Gasteiger partial charge >= 0.3 is 0 Å². The molecule has 0 unspecified atom stereocenters. The van der Waals surface area contributed by atoms with E-state index in [-0.39, 0.29) is 23.9 Å². The number of fused-ring (bicyclic) bond motifs is 2. The molecule has 0 bridgehead atoms. The molecule has 31 heavy (non-hydrogen) atoms. The summed E-state index contributed by atoms with van der Waals surface area (Å²) >= 11 is 0. The van der Waals surface area contributed by atoms with Crippen LogP contribution in [-0.2, 0) is 17.8 Å². The molecule has 5 aromatic rings. The summed E-state index contributed by atoms with van der Waals surface area (Å²) in [4.78, 5) is 15.4. The quantitative estimate of drug-likeness (QED) is 0.364. The lowest BCUT2D eigenvalue weighted by Crippen LogP contribution is -1.99. The predicted octanol–water partition coefficient (Wildman–Crippen LogP) is 5.73. The van der Waals surface area contributed by atoms with E-state index in [1.807, 2.05) is 66.9 Å². The monoisotopic (exact) mass is 408 g/mol. The van der Waals surface area contributed by atoms with Crippen LogP contribution in [0.5, 0.6) is 5.88 Å². The lowest BCUT2D eigenvalue weighted by atomic mass is 10.1. The van der Waals surface area contributed by atoms with E-state index in [2.05, 4.69) is 38.0 Å². The molecule has 0 aliphatic carbocycles. The van der Waals surface area contributed by atoms with E-state index in [0.717, 1.165) is 33.9 Å². The van der Waals surface area contributed by atoms with Crippen LogP contribution in [-0.4, -0.2) is 20.6 Å². The molecule has 0 saturated heterocycles. The van der Waals surface area contributed by atoms with Gasteiger partial charge in [-0.2, -0.15) is 0 Å². The second-order valence-electron chi connectivity index (χ2n) is 7.42. The molecule has 1 amide bonds. The molecule has 0 aliphatic heterocycles. The minimum atomic E-state index is -0.368. The second-order valence-corrected chi connectivity index (χ2v) is 7.42. The normalized spacial score (nSPS) is 11.6. The topological polar surface area (TPSA) is 82.7 Å². The smallest absolute Gasteiger partial charge is 0.269 e. The molecule has 5 rings (SSSR count). The zero-order valence-corrected chi connectivity index (χ0v) is 16.7. The zero-order valence-electron chi connectivity index (χ0n) is 16.7. The molecule has 0 aliphatic rings. The Labute approximate surface area is 178 Å². The minimum Gasteiger partial charge on any atom is -0.493 e. The van der Waals surface area contributed by atoms with E-state index in [4.69, 9.17) is 0 Å². The highest BCUT2D eigenvalue weighted by molar-refractivity contribution is 5.94. The third-order valence-electron chi connectivity index (χ3n) is 5.33. The van der Waals surface area contributed by atoms with Crippen LogP contribution >= 0.6 is 0 Å². The van der Waals surface area contributed by atoms with Gasteiger partial charge in [-0.25, -0.2) is 0 Å². The Morgan fingerprint density at radius 1 is 0.903 bits per heavy atom. The van der Waals surface area contributed by atoms with Crippen molar-refractivity contribution in [3.8, 4) is 5.88 Å². The van der Waals surface area contributed by atoms with E-state index in [9.17, 15) is 9.90 Å². The number of H-pyrrole nitrogens is 1. The maximum absolute atomic E-state index is 12.6. The highest BCUT2D eigenvalue weighted by Crippen LogP contribution is 2.35. The molecule has 0 fully saturated rings. The van der Waals surface area contributed by atoms with Crippen molar-refractivity contribution in [1.82, 2.24) is 9.55 Å².